The van der Waals surface area contributed by atoms with Crippen LogP contribution in [-0.4, -0.2) is 78.4 Å². The number of hydrogen-bond donors (Lipinski definition) is 3. The van der Waals surface area contributed by atoms with Gasteiger partial charge in [0, 0.05) is 57.1 Å². The van der Waals surface area contributed by atoms with Crippen LogP contribution >= 0.6 is 0 Å². The van der Waals surface area contributed by atoms with Gasteiger partial charge in [-0.15, -0.1) is 5.26 Å². The number of aromatic nitrogens is 4. The van der Waals surface area contributed by atoms with Crippen molar-refractivity contribution in [2.24, 2.45) is 19.2 Å². The van der Waals surface area contributed by atoms with Crippen molar-refractivity contribution in [3.05, 3.63) is 80.2 Å². The zero-order chi connectivity index (χ0) is 43.9. The number of urea groups is 1. The first-order valence-corrected chi connectivity index (χ1v) is 24.8. The van der Waals surface area contributed by atoms with E-state index >= 15 is 0 Å². The van der Waals surface area contributed by atoms with Crippen LogP contribution in [0.15, 0.2) is 34.3 Å². The molecule has 2 fully saturated rings. The number of nitrogens with one attached hydrogen (secondary N) is 2. The molecule has 6 aliphatic rings. The molecule has 62 heavy (non-hydrogen) atoms. The number of benzene rings is 2. The maximum absolute atomic E-state index is 12.8. The molecule has 0 saturated heterocycles. The first-order valence-electron chi connectivity index (χ1n) is 21.8. The molecule has 0 atom stereocenters. The van der Waals surface area contributed by atoms with Crippen LogP contribution in [-0.2, 0) is 98.6 Å². The lowest BCUT2D eigenvalue weighted by Crippen LogP contribution is -2.35. The molecule has 332 valence electrons. The van der Waals surface area contributed by atoms with Gasteiger partial charge in [-0.25, -0.2) is 23.1 Å². The van der Waals surface area contributed by atoms with Crippen LogP contribution in [0.3, 0.4) is 0 Å². The third-order valence-corrected chi connectivity index (χ3v) is 15.1. The fraction of sp³-hybridized carbons (Fsp3) is 0.545. The third kappa shape index (κ3) is 9.71. The second kappa shape index (κ2) is 17.8. The Morgan fingerprint density at radius 1 is 0.726 bits per heavy atom. The summed E-state index contributed by atoms with van der Waals surface area (Å²) in [7, 11) is -0.245. The molecule has 2 aromatic carbocycles. The normalized spacial score (nSPS) is 17.3. The summed E-state index contributed by atoms with van der Waals surface area (Å²) in [6, 6.07) is 8.17. The average molecular weight is 887 g/mol. The van der Waals surface area contributed by atoms with Crippen molar-refractivity contribution in [3.63, 3.8) is 0 Å². The molecule has 2 saturated carbocycles. The second-order valence-corrected chi connectivity index (χ2v) is 20.8. The Balaban J connectivity index is 0.000000143. The lowest BCUT2D eigenvalue weighted by molar-refractivity contribution is 0.256. The summed E-state index contributed by atoms with van der Waals surface area (Å²) < 4.78 is 58.4. The smallest absolute Gasteiger partial charge is 0.333 e. The lowest BCUT2D eigenvalue weighted by atomic mass is 9.99. The standard InChI is InChI=1S/C22H29N5O3S.C13H13NO.C9H16N4O2S/c1-26(16-9-10-16)13-17-12-20(24-27(17)2)31(29,30)25-22(28)23-21-18-7-3-5-14(18)11-15-6-4-8-19(15)21;14-8-15-13-11-5-1-3-9(11)7-10-4-2-6-12(10)13;1-12(7-3-4-7)6-8-5-9(11-13(8)2)16(10,14)15/h11-12,16H,3-10,13H2,1-2H3,(H2,23,25,28);7H,1-6H2;5,7H,3-4,6H2,1-2H3,(H2,10,14,15). The number of fused-ring (bicyclic) bond motifs is 4. The number of nitrogens with zero attached hydrogens (tertiary/aromatic N) is 7. The minimum Gasteiger partial charge on any atom is -0.387 e. The molecule has 4 N–H and O–H groups in total. The zero-order valence-electron chi connectivity index (χ0n) is 36.2. The van der Waals surface area contributed by atoms with Crippen molar-refractivity contribution >= 4 is 31.8 Å². The van der Waals surface area contributed by atoms with Crippen molar-refractivity contribution in [2.75, 3.05) is 19.4 Å². The summed E-state index contributed by atoms with van der Waals surface area (Å²) in [5.74, 6) is 0.903. The van der Waals surface area contributed by atoms with Crippen LogP contribution in [0, 0.1) is 11.5 Å². The molecule has 2 heterocycles. The number of anilines is 1. The van der Waals surface area contributed by atoms with E-state index in [2.05, 4.69) is 42.2 Å². The fourth-order valence-corrected chi connectivity index (χ4v) is 11.0. The van der Waals surface area contributed by atoms with Crippen molar-refractivity contribution in [2.45, 2.75) is 138 Å². The van der Waals surface area contributed by atoms with E-state index < -0.39 is 26.1 Å². The number of nitriles is 1. The number of hydrogen-bond acceptors (Lipinski definition) is 11. The zero-order valence-corrected chi connectivity index (χ0v) is 37.8. The highest BCUT2D eigenvalue weighted by Crippen LogP contribution is 2.41. The monoisotopic (exact) mass is 886 g/mol. The van der Waals surface area contributed by atoms with Crippen molar-refractivity contribution < 1.29 is 26.4 Å². The quantitative estimate of drug-likeness (QED) is 0.176. The van der Waals surface area contributed by atoms with E-state index in [1.165, 1.54) is 78.0 Å². The Labute approximate surface area is 364 Å². The summed E-state index contributed by atoms with van der Waals surface area (Å²) in [5, 5.41) is 24.5. The topological polar surface area (TPSA) is 211 Å². The summed E-state index contributed by atoms with van der Waals surface area (Å²) in [6.45, 7) is 1.32. The van der Waals surface area contributed by atoms with Gasteiger partial charge in [-0.05, 0) is 161 Å². The Bertz CT molecular complexity index is 2580. The minimum absolute atomic E-state index is 0.0609. The van der Waals surface area contributed by atoms with E-state index in [4.69, 9.17) is 15.1 Å². The van der Waals surface area contributed by atoms with Crippen molar-refractivity contribution in [1.82, 2.24) is 34.1 Å². The number of amides is 2. The molecule has 10 rings (SSSR count). The molecular weight excluding hydrogens is 829 g/mol. The molecule has 0 radical (unpaired) electrons. The van der Waals surface area contributed by atoms with Gasteiger partial charge < -0.3 is 10.1 Å². The molecule has 0 unspecified atom stereocenters. The first kappa shape index (κ1) is 43.8. The van der Waals surface area contributed by atoms with Gasteiger partial charge in [-0.1, -0.05) is 12.1 Å². The molecule has 0 bridgehead atoms. The highest BCUT2D eigenvalue weighted by atomic mass is 32.2. The Hall–Kier alpha value is -4.80. The minimum atomic E-state index is -4.06. The molecule has 0 aliphatic heterocycles. The lowest BCUT2D eigenvalue weighted by Gasteiger charge is -2.16. The van der Waals surface area contributed by atoms with E-state index in [-0.39, 0.29) is 10.1 Å². The molecule has 2 aromatic heterocycles. The van der Waals surface area contributed by atoms with Crippen LogP contribution in [0.5, 0.6) is 5.75 Å². The van der Waals surface area contributed by atoms with Crippen LogP contribution in [0.1, 0.15) is 107 Å². The van der Waals surface area contributed by atoms with E-state index in [0.717, 1.165) is 98.2 Å². The first-order chi connectivity index (χ1) is 29.6. The predicted octanol–water partition coefficient (Wildman–Crippen LogP) is 4.69. The summed E-state index contributed by atoms with van der Waals surface area (Å²) in [4.78, 5) is 17.1. The molecule has 18 heteroatoms. The average Bonchev–Trinajstić information content (AvgIpc) is 3.76. The number of carbonyl (C=O) groups excluding carboxylic acids is 1. The van der Waals surface area contributed by atoms with Gasteiger partial charge in [-0.2, -0.15) is 18.6 Å². The van der Waals surface area contributed by atoms with Gasteiger partial charge in [0.1, 0.15) is 5.75 Å². The van der Waals surface area contributed by atoms with Crippen LogP contribution in [0.2, 0.25) is 0 Å². The van der Waals surface area contributed by atoms with Gasteiger partial charge in [0.25, 0.3) is 26.3 Å². The highest BCUT2D eigenvalue weighted by molar-refractivity contribution is 7.90. The number of nitrogens with two attached hydrogens (primary N) is 1. The molecule has 2 amide bonds. The van der Waals surface area contributed by atoms with Gasteiger partial charge in [0.15, 0.2) is 10.1 Å². The number of sulfonamides is 2. The van der Waals surface area contributed by atoms with E-state index in [9.17, 15) is 21.6 Å². The van der Waals surface area contributed by atoms with Crippen molar-refractivity contribution in [1.29, 1.82) is 5.26 Å². The maximum Gasteiger partial charge on any atom is 0.333 e. The predicted molar refractivity (Wildman–Crippen MR) is 233 cm³/mol. The Morgan fingerprint density at radius 2 is 1.15 bits per heavy atom. The number of rotatable bonds is 11. The second-order valence-electron chi connectivity index (χ2n) is 17.7. The van der Waals surface area contributed by atoms with Gasteiger partial charge in [0.05, 0.1) is 11.4 Å². The summed E-state index contributed by atoms with van der Waals surface area (Å²) >= 11 is 0. The molecular formula is C44H58N10O6S2. The molecule has 0 spiro atoms. The molecule has 16 nitrogen and oxygen atoms in total. The maximum atomic E-state index is 12.8. The van der Waals surface area contributed by atoms with E-state index in [0.29, 0.717) is 25.2 Å². The number of primary sulfonamides is 1. The fourth-order valence-electron chi connectivity index (χ4n) is 9.53. The number of aryl methyl sites for hydroxylation is 6. The van der Waals surface area contributed by atoms with Crippen molar-refractivity contribution in [3.8, 4) is 12.0 Å². The van der Waals surface area contributed by atoms with Gasteiger partial charge in [0.2, 0.25) is 0 Å². The van der Waals surface area contributed by atoms with Gasteiger partial charge in [-0.3, -0.25) is 19.2 Å². The molecule has 6 aliphatic carbocycles. The largest absolute Gasteiger partial charge is 0.387 e. The van der Waals surface area contributed by atoms with Crippen LogP contribution < -0.4 is 19.9 Å². The summed E-state index contributed by atoms with van der Waals surface area (Å²) in [6.07, 6.45) is 19.5. The van der Waals surface area contributed by atoms with E-state index in [1.807, 2.05) is 20.4 Å². The van der Waals surface area contributed by atoms with Crippen LogP contribution in [0.25, 0.3) is 0 Å². The van der Waals surface area contributed by atoms with E-state index in [1.54, 1.807) is 29.5 Å². The Morgan fingerprint density at radius 3 is 1.56 bits per heavy atom. The summed E-state index contributed by atoms with van der Waals surface area (Å²) in [5.41, 5.74) is 12.8. The van der Waals surface area contributed by atoms with Gasteiger partial charge >= 0.3 is 6.03 Å². The SMILES string of the molecule is CN(Cc1cc(S(=O)(=O)NC(=O)Nc2c3c(cc4c2CCC4)CCC3)nn1C)C1CC1.CN(Cc1cc(S(N)(=O)=O)nn1C)C1CC1.N#COc1c2c(cc3c1CCC3)CCC2. The number of carbonyl (C=O) groups is 1. The Kier molecular flexibility index (Phi) is 12.6. The molecule has 4 aromatic rings. The number of ether oxygens (including phenoxy) is 1. The van der Waals surface area contributed by atoms with Crippen LogP contribution in [0.4, 0.5) is 10.5 Å². The third-order valence-electron chi connectivity index (χ3n) is 13.1. The highest BCUT2D eigenvalue weighted by Gasteiger charge is 2.31.